The van der Waals surface area contributed by atoms with E-state index in [1.807, 2.05) is 0 Å². The first-order valence-electron chi connectivity index (χ1n) is 5.06. The molecule has 3 N–H and O–H groups in total. The maximum atomic E-state index is 10.4. The van der Waals surface area contributed by atoms with Crippen molar-refractivity contribution in [2.45, 2.75) is 0 Å². The minimum atomic E-state index is -0.934. The number of carboxylic acids is 1. The van der Waals surface area contributed by atoms with Gasteiger partial charge in [0, 0.05) is 5.02 Å². The zero-order valence-corrected chi connectivity index (χ0v) is 10.4. The minimum absolute atomic E-state index is 0.254. The molecular formula is C12H10ClN3O3. The van der Waals surface area contributed by atoms with Crippen molar-refractivity contribution < 1.29 is 14.7 Å². The van der Waals surface area contributed by atoms with Crippen LogP contribution in [0.4, 0.5) is 0 Å². The van der Waals surface area contributed by atoms with Crippen molar-refractivity contribution in [2.24, 2.45) is 5.73 Å². The Morgan fingerprint density at radius 1 is 1.05 bits per heavy atom. The molecule has 1 aromatic carbocycles. The number of primary amides is 1. The molecule has 0 spiro atoms. The monoisotopic (exact) mass is 279 g/mol. The molecule has 1 amide bonds. The number of benzene rings is 1. The van der Waals surface area contributed by atoms with Crippen LogP contribution < -0.4 is 5.73 Å². The van der Waals surface area contributed by atoms with Crippen LogP contribution in [-0.2, 0) is 0 Å². The highest BCUT2D eigenvalue weighted by Crippen LogP contribution is 2.08. The summed E-state index contributed by atoms with van der Waals surface area (Å²) >= 11 is 5.52. The summed E-state index contributed by atoms with van der Waals surface area (Å²) in [6, 6.07) is 7.53. The van der Waals surface area contributed by atoms with Gasteiger partial charge in [-0.2, -0.15) is 10.2 Å². The van der Waals surface area contributed by atoms with Gasteiger partial charge in [-0.25, -0.2) is 4.79 Å². The van der Waals surface area contributed by atoms with Gasteiger partial charge in [0.05, 0.1) is 23.5 Å². The molecule has 0 aliphatic rings. The van der Waals surface area contributed by atoms with Crippen molar-refractivity contribution >= 4 is 23.5 Å². The molecule has 0 radical (unpaired) electrons. The lowest BCUT2D eigenvalue weighted by atomic mass is 10.2. The van der Waals surface area contributed by atoms with Gasteiger partial charge in [0.15, 0.2) is 0 Å². The smallest absolute Gasteiger partial charge is 0.335 e. The average Bonchev–Trinajstić information content (AvgIpc) is 2.41. The molecule has 98 valence electrons. The maximum absolute atomic E-state index is 10.4. The first-order chi connectivity index (χ1) is 9.00. The topological polar surface area (TPSA) is 106 Å². The Hall–Kier alpha value is -2.47. The van der Waals surface area contributed by atoms with Crippen molar-refractivity contribution in [1.82, 2.24) is 10.2 Å². The Morgan fingerprint density at radius 2 is 1.68 bits per heavy atom. The molecule has 0 atom stereocenters. The molecule has 0 fully saturated rings. The fraction of sp³-hybridized carbons (Fsp3) is 0. The Kier molecular flexibility index (Phi) is 5.43. The van der Waals surface area contributed by atoms with Gasteiger partial charge in [0.1, 0.15) is 0 Å². The Bertz CT molecular complexity index is 558. The van der Waals surface area contributed by atoms with Crippen molar-refractivity contribution in [2.75, 3.05) is 0 Å². The second kappa shape index (κ2) is 7.07. The number of aromatic nitrogens is 2. The third kappa shape index (κ3) is 5.13. The highest BCUT2D eigenvalue weighted by Gasteiger charge is 1.99. The van der Waals surface area contributed by atoms with E-state index in [4.69, 9.17) is 22.4 Å². The third-order valence-electron chi connectivity index (χ3n) is 1.96. The van der Waals surface area contributed by atoms with Crippen LogP contribution in [0.2, 0.25) is 5.02 Å². The molecule has 19 heavy (non-hydrogen) atoms. The average molecular weight is 280 g/mol. The summed E-state index contributed by atoms with van der Waals surface area (Å²) in [7, 11) is 0. The predicted octanol–water partition coefficient (Wildman–Crippen LogP) is 1.61. The molecule has 0 aliphatic carbocycles. The quantitative estimate of drug-likeness (QED) is 0.868. The van der Waals surface area contributed by atoms with Crippen LogP contribution in [0, 0.1) is 0 Å². The van der Waals surface area contributed by atoms with Gasteiger partial charge < -0.3 is 10.8 Å². The normalized spacial score (nSPS) is 9.11. The van der Waals surface area contributed by atoms with Gasteiger partial charge in [-0.1, -0.05) is 11.6 Å². The van der Waals surface area contributed by atoms with Gasteiger partial charge in [-0.3, -0.25) is 4.79 Å². The number of carbonyl (C=O) groups is 2. The molecule has 0 saturated carbocycles. The van der Waals surface area contributed by atoms with E-state index in [9.17, 15) is 9.59 Å². The van der Waals surface area contributed by atoms with Gasteiger partial charge in [0.2, 0.25) is 5.91 Å². The van der Waals surface area contributed by atoms with Gasteiger partial charge >= 0.3 is 5.97 Å². The summed E-state index contributed by atoms with van der Waals surface area (Å²) in [6.07, 6.45) is 2.74. The third-order valence-corrected chi connectivity index (χ3v) is 2.21. The summed E-state index contributed by atoms with van der Waals surface area (Å²) in [6.45, 7) is 0. The lowest BCUT2D eigenvalue weighted by Crippen LogP contribution is -2.10. The van der Waals surface area contributed by atoms with E-state index in [0.717, 1.165) is 0 Å². The molecule has 0 bridgehead atoms. The minimum Gasteiger partial charge on any atom is -0.478 e. The number of rotatable bonds is 2. The van der Waals surface area contributed by atoms with Crippen LogP contribution in [0.1, 0.15) is 20.7 Å². The maximum Gasteiger partial charge on any atom is 0.335 e. The fourth-order valence-electron chi connectivity index (χ4n) is 1.03. The van der Waals surface area contributed by atoms with Crippen LogP contribution in [0.25, 0.3) is 0 Å². The SMILES string of the molecule is NC(=O)c1ccnnc1.O=C(O)c1ccc(Cl)cc1. The molecule has 0 unspecified atom stereocenters. The van der Waals surface area contributed by atoms with Crippen molar-refractivity contribution in [3.8, 4) is 0 Å². The number of amides is 1. The van der Waals surface area contributed by atoms with Crippen LogP contribution >= 0.6 is 11.6 Å². The summed E-state index contributed by atoms with van der Waals surface area (Å²) < 4.78 is 0. The number of nitrogens with zero attached hydrogens (tertiary/aromatic N) is 2. The van der Waals surface area contributed by atoms with Crippen molar-refractivity contribution in [3.63, 3.8) is 0 Å². The van der Waals surface area contributed by atoms with Crippen molar-refractivity contribution in [1.29, 1.82) is 0 Å². The van der Waals surface area contributed by atoms with Crippen LogP contribution in [0.5, 0.6) is 0 Å². The number of halogens is 1. The number of aromatic carboxylic acids is 1. The standard InChI is InChI=1S/C7H5ClO2.C5H5N3O/c8-6-3-1-5(2-4-6)7(9)10;6-5(9)4-1-2-7-8-3-4/h1-4H,(H,9,10);1-3H,(H2,6,9). The Morgan fingerprint density at radius 3 is 2.05 bits per heavy atom. The van der Waals surface area contributed by atoms with E-state index in [0.29, 0.717) is 10.6 Å². The molecule has 2 aromatic rings. The molecule has 1 heterocycles. The van der Waals surface area contributed by atoms with E-state index < -0.39 is 11.9 Å². The number of hydrogen-bond acceptors (Lipinski definition) is 4. The highest BCUT2D eigenvalue weighted by molar-refractivity contribution is 6.30. The van der Waals surface area contributed by atoms with E-state index in [2.05, 4.69) is 10.2 Å². The second-order valence-corrected chi connectivity index (χ2v) is 3.74. The summed E-state index contributed by atoms with van der Waals surface area (Å²) in [4.78, 5) is 20.6. The van der Waals surface area contributed by atoms with Gasteiger partial charge in [-0.05, 0) is 30.3 Å². The summed E-state index contributed by atoms with van der Waals surface area (Å²) in [5.74, 6) is -1.42. The highest BCUT2D eigenvalue weighted by atomic mass is 35.5. The molecular weight excluding hydrogens is 270 g/mol. The Labute approximate surface area is 113 Å². The largest absolute Gasteiger partial charge is 0.478 e. The molecule has 7 heteroatoms. The van der Waals surface area contributed by atoms with E-state index in [-0.39, 0.29) is 5.56 Å². The van der Waals surface area contributed by atoms with E-state index in [1.54, 1.807) is 12.1 Å². The predicted molar refractivity (Wildman–Crippen MR) is 69.0 cm³/mol. The lowest BCUT2D eigenvalue weighted by Gasteiger charge is -1.91. The summed E-state index contributed by atoms with van der Waals surface area (Å²) in [5.41, 5.74) is 5.54. The van der Waals surface area contributed by atoms with Gasteiger partial charge in [0.25, 0.3) is 0 Å². The molecule has 0 saturated heterocycles. The first-order valence-corrected chi connectivity index (χ1v) is 5.44. The molecule has 2 rings (SSSR count). The molecule has 0 aliphatic heterocycles. The fourth-order valence-corrected chi connectivity index (χ4v) is 1.15. The zero-order valence-electron chi connectivity index (χ0n) is 9.65. The zero-order chi connectivity index (χ0) is 14.3. The van der Waals surface area contributed by atoms with Crippen LogP contribution in [0.15, 0.2) is 42.7 Å². The Balaban J connectivity index is 0.000000191. The van der Waals surface area contributed by atoms with Gasteiger partial charge in [-0.15, -0.1) is 0 Å². The molecule has 1 aromatic heterocycles. The first kappa shape index (κ1) is 14.6. The van der Waals surface area contributed by atoms with E-state index in [1.165, 1.54) is 30.6 Å². The number of nitrogens with two attached hydrogens (primary N) is 1. The van der Waals surface area contributed by atoms with Crippen LogP contribution in [-0.4, -0.2) is 27.2 Å². The number of carbonyl (C=O) groups excluding carboxylic acids is 1. The second-order valence-electron chi connectivity index (χ2n) is 3.31. The van der Waals surface area contributed by atoms with Crippen LogP contribution in [0.3, 0.4) is 0 Å². The summed E-state index contributed by atoms with van der Waals surface area (Å²) in [5, 5.41) is 15.9. The molecule has 6 nitrogen and oxygen atoms in total. The number of carboxylic acid groups (broad SMARTS) is 1. The lowest BCUT2D eigenvalue weighted by molar-refractivity contribution is 0.0696. The van der Waals surface area contributed by atoms with Crippen molar-refractivity contribution in [3.05, 3.63) is 58.9 Å². The number of hydrogen-bond donors (Lipinski definition) is 2. The van der Waals surface area contributed by atoms with E-state index >= 15 is 0 Å².